The first-order valence-corrected chi connectivity index (χ1v) is 18.9. The van der Waals surface area contributed by atoms with Gasteiger partial charge >= 0.3 is 0 Å². The van der Waals surface area contributed by atoms with Crippen molar-refractivity contribution in [1.29, 1.82) is 0 Å². The molecule has 0 bridgehead atoms. The molecule has 6 aromatic carbocycles. The Kier molecular flexibility index (Phi) is 7.65. The number of Topliss-reactive ketones (excluding diaryl/α,β-unsaturated/α-hetero) is 2. The average molecular weight is 750 g/mol. The van der Waals surface area contributed by atoms with Gasteiger partial charge in [-0.3, -0.25) is 33.7 Å². The van der Waals surface area contributed by atoms with E-state index in [-0.39, 0.29) is 34.6 Å². The zero-order chi connectivity index (χ0) is 38.2. The van der Waals surface area contributed by atoms with Gasteiger partial charge in [-0.1, -0.05) is 78.9 Å². The van der Waals surface area contributed by atoms with Crippen LogP contribution in [0.2, 0.25) is 0 Å². The Morgan fingerprint density at radius 2 is 1.14 bits per heavy atom. The predicted molar refractivity (Wildman–Crippen MR) is 211 cm³/mol. The fourth-order valence-corrected chi connectivity index (χ4v) is 8.82. The van der Waals surface area contributed by atoms with Crippen molar-refractivity contribution in [1.82, 2.24) is 9.88 Å². The number of hydrogen-bond acceptors (Lipinski definition) is 8. The number of benzene rings is 6. The number of amides is 4. The molecule has 0 unspecified atom stereocenters. The van der Waals surface area contributed by atoms with Gasteiger partial charge in [0.05, 0.1) is 45.7 Å². The van der Waals surface area contributed by atoms with E-state index >= 15 is 0 Å². The molecule has 9 nitrogen and oxygen atoms in total. The number of anilines is 1. The molecular formula is C46H27N3O6S. The number of pyridine rings is 1. The van der Waals surface area contributed by atoms with Crippen molar-refractivity contribution >= 4 is 74.3 Å². The van der Waals surface area contributed by atoms with Crippen molar-refractivity contribution in [3.63, 3.8) is 0 Å². The van der Waals surface area contributed by atoms with Gasteiger partial charge in [0.15, 0.2) is 11.6 Å². The quantitative estimate of drug-likeness (QED) is 0.0905. The number of nitrogens with zero attached hydrogens (tertiary/aromatic N) is 3. The van der Waals surface area contributed by atoms with Gasteiger partial charge in [-0.25, -0.2) is 9.88 Å². The van der Waals surface area contributed by atoms with E-state index in [1.54, 1.807) is 84.6 Å². The second kappa shape index (κ2) is 12.8. The Labute approximate surface area is 323 Å². The van der Waals surface area contributed by atoms with Crippen LogP contribution in [0.15, 0.2) is 138 Å². The molecular weight excluding hydrogens is 723 g/mol. The van der Waals surface area contributed by atoms with Crippen molar-refractivity contribution in [2.75, 3.05) is 4.90 Å². The molecule has 0 fully saturated rings. The summed E-state index contributed by atoms with van der Waals surface area (Å²) in [6, 6.07) is 39.2. The maximum atomic E-state index is 14.2. The van der Waals surface area contributed by atoms with Crippen LogP contribution in [0.5, 0.6) is 0 Å². The van der Waals surface area contributed by atoms with E-state index in [0.29, 0.717) is 39.0 Å². The molecule has 0 radical (unpaired) electrons. The summed E-state index contributed by atoms with van der Waals surface area (Å²) in [7, 11) is 0. The first-order chi connectivity index (χ1) is 27.3. The maximum absolute atomic E-state index is 14.2. The van der Waals surface area contributed by atoms with Crippen LogP contribution in [-0.2, 0) is 12.3 Å². The summed E-state index contributed by atoms with van der Waals surface area (Å²) in [5.74, 6) is -3.33. The molecule has 0 saturated heterocycles. The monoisotopic (exact) mass is 749 g/mol. The third-order valence-electron chi connectivity index (χ3n) is 10.7. The number of thioether (sulfide) groups is 1. The number of hydrogen-bond donors (Lipinski definition) is 0. The number of carbonyl (C=O) groups is 6. The topological polar surface area (TPSA) is 122 Å². The molecule has 268 valence electrons. The maximum Gasteiger partial charge on any atom is 0.266 e. The highest BCUT2D eigenvalue weighted by molar-refractivity contribution is 7.98. The van der Waals surface area contributed by atoms with Crippen LogP contribution in [0.4, 0.5) is 5.69 Å². The summed E-state index contributed by atoms with van der Waals surface area (Å²) in [5.41, 5.74) is 3.82. The van der Waals surface area contributed by atoms with Gasteiger partial charge in [-0.05, 0) is 76.5 Å². The predicted octanol–water partition coefficient (Wildman–Crippen LogP) is 8.44. The van der Waals surface area contributed by atoms with E-state index in [1.807, 2.05) is 60.7 Å². The van der Waals surface area contributed by atoms with Gasteiger partial charge in [-0.15, -0.1) is 11.8 Å². The van der Waals surface area contributed by atoms with E-state index in [2.05, 4.69) is 0 Å². The molecule has 1 aliphatic carbocycles. The van der Waals surface area contributed by atoms with E-state index < -0.39 is 41.1 Å². The first-order valence-electron chi connectivity index (χ1n) is 18.0. The fraction of sp³-hybridized carbons (Fsp3) is 0.0652. The highest BCUT2D eigenvalue weighted by atomic mass is 32.2. The van der Waals surface area contributed by atoms with Crippen LogP contribution in [0.25, 0.3) is 21.7 Å². The number of ketones is 2. The second-order valence-corrected chi connectivity index (χ2v) is 15.0. The molecule has 2 aliphatic heterocycles. The number of imide groups is 2. The standard InChI is InChI=1S/C46H27N3O6S/c50-41-34-20-26-10-4-5-11-27(26)21-35(34)42(51)39(41)37-18-17-30-28(23-48-43(52)31-12-6-7-13-32(31)44(48)53)14-19-38(40(30)47-37)49-45(54)33-16-15-29(22-36(33)46(49)55)56-24-25-8-2-1-3-9-25/h1-22,39H,23-24H2. The molecule has 3 heterocycles. The molecule has 3 aliphatic rings. The van der Waals surface area contributed by atoms with Gasteiger partial charge in [-0.2, -0.15) is 0 Å². The Morgan fingerprint density at radius 1 is 0.536 bits per heavy atom. The minimum atomic E-state index is -1.25. The van der Waals surface area contributed by atoms with Crippen molar-refractivity contribution in [3.05, 3.63) is 184 Å². The zero-order valence-corrected chi connectivity index (χ0v) is 30.2. The number of aromatic nitrogens is 1. The average Bonchev–Trinajstić information content (AvgIpc) is 3.73. The SMILES string of the molecule is O=C1c2cc3ccccc3cc2C(=O)C1c1ccc2c(CN3C(=O)c4ccccc4C3=O)ccc(N3C(=O)c4ccc(SCc5ccccc5)cc4C3=O)c2n1. The molecule has 10 heteroatoms. The van der Waals surface area contributed by atoms with Crippen LogP contribution >= 0.6 is 11.8 Å². The molecule has 0 spiro atoms. The van der Waals surface area contributed by atoms with Gasteiger partial charge in [0.25, 0.3) is 23.6 Å². The first kappa shape index (κ1) is 33.5. The lowest BCUT2D eigenvalue weighted by atomic mass is 9.97. The smallest absolute Gasteiger partial charge is 0.266 e. The molecule has 10 rings (SSSR count). The minimum absolute atomic E-state index is 0.117. The van der Waals surface area contributed by atoms with Crippen molar-refractivity contribution in [3.8, 4) is 0 Å². The second-order valence-electron chi connectivity index (χ2n) is 14.0. The van der Waals surface area contributed by atoms with Crippen molar-refractivity contribution < 1.29 is 28.8 Å². The number of rotatable bonds is 7. The minimum Gasteiger partial charge on any atom is -0.293 e. The van der Waals surface area contributed by atoms with E-state index in [1.165, 1.54) is 0 Å². The highest BCUT2D eigenvalue weighted by Crippen LogP contribution is 2.40. The largest absolute Gasteiger partial charge is 0.293 e. The Morgan fingerprint density at radius 3 is 1.82 bits per heavy atom. The highest BCUT2D eigenvalue weighted by Gasteiger charge is 2.43. The van der Waals surface area contributed by atoms with Crippen molar-refractivity contribution in [2.45, 2.75) is 23.1 Å². The zero-order valence-electron chi connectivity index (χ0n) is 29.4. The van der Waals surface area contributed by atoms with Gasteiger partial charge in [0, 0.05) is 27.2 Å². The molecule has 4 amide bonds. The van der Waals surface area contributed by atoms with Crippen LogP contribution in [0, 0.1) is 0 Å². The van der Waals surface area contributed by atoms with Gasteiger partial charge < -0.3 is 0 Å². The Balaban J connectivity index is 1.06. The molecule has 0 N–H and O–H groups in total. The van der Waals surface area contributed by atoms with Crippen LogP contribution < -0.4 is 4.90 Å². The van der Waals surface area contributed by atoms with Gasteiger partial charge in [0.1, 0.15) is 5.92 Å². The summed E-state index contributed by atoms with van der Waals surface area (Å²) >= 11 is 1.55. The lowest BCUT2D eigenvalue weighted by Gasteiger charge is -2.21. The Hall–Kier alpha value is -7.04. The summed E-state index contributed by atoms with van der Waals surface area (Å²) in [5, 5.41) is 2.10. The fourth-order valence-electron chi connectivity index (χ4n) is 7.93. The number of fused-ring (bicyclic) bond motifs is 5. The third kappa shape index (κ3) is 5.14. The summed E-state index contributed by atoms with van der Waals surface area (Å²) in [6.07, 6.45) is 0. The summed E-state index contributed by atoms with van der Waals surface area (Å²) < 4.78 is 0. The molecule has 0 atom stereocenters. The van der Waals surface area contributed by atoms with Crippen LogP contribution in [0.1, 0.15) is 84.9 Å². The molecule has 1 aromatic heterocycles. The number of carbonyl (C=O) groups excluding carboxylic acids is 6. The summed E-state index contributed by atoms with van der Waals surface area (Å²) in [6.45, 7) is -0.117. The normalized spacial score (nSPS) is 15.1. The molecule has 7 aromatic rings. The van der Waals surface area contributed by atoms with Crippen molar-refractivity contribution in [2.24, 2.45) is 0 Å². The molecule has 56 heavy (non-hydrogen) atoms. The lowest BCUT2D eigenvalue weighted by Crippen LogP contribution is -2.31. The van der Waals surface area contributed by atoms with E-state index in [0.717, 1.165) is 31.0 Å². The summed E-state index contributed by atoms with van der Waals surface area (Å²) in [4.78, 5) is 91.0. The van der Waals surface area contributed by atoms with E-state index in [9.17, 15) is 28.8 Å². The van der Waals surface area contributed by atoms with Crippen LogP contribution in [-0.4, -0.2) is 45.1 Å². The van der Waals surface area contributed by atoms with E-state index in [4.69, 9.17) is 4.98 Å². The Bertz CT molecular complexity index is 2850. The van der Waals surface area contributed by atoms with Crippen LogP contribution in [0.3, 0.4) is 0 Å². The lowest BCUT2D eigenvalue weighted by molar-refractivity contribution is 0.0641. The molecule has 0 saturated carbocycles. The third-order valence-corrected chi connectivity index (χ3v) is 11.8. The van der Waals surface area contributed by atoms with Gasteiger partial charge in [0.2, 0.25) is 0 Å².